The number of ether oxygens (including phenoxy) is 1. The SMILES string of the molecule is C=CC(C(/C=C/CC#N)C(O)OC)N1CCCC1. The minimum absolute atomic E-state index is 0.0531. The summed E-state index contributed by atoms with van der Waals surface area (Å²) in [5.41, 5.74) is 0. The van der Waals surface area contributed by atoms with Gasteiger partial charge in [0.15, 0.2) is 6.29 Å². The Morgan fingerprint density at radius 3 is 2.67 bits per heavy atom. The van der Waals surface area contributed by atoms with Gasteiger partial charge >= 0.3 is 0 Å². The molecule has 1 aliphatic rings. The molecule has 0 amide bonds. The summed E-state index contributed by atoms with van der Waals surface area (Å²) in [4.78, 5) is 2.30. The molecule has 1 heterocycles. The molecule has 1 N–H and O–H groups in total. The second kappa shape index (κ2) is 8.04. The molecule has 1 saturated heterocycles. The first-order chi connectivity index (χ1) is 8.74. The molecule has 3 unspecified atom stereocenters. The second-order valence-electron chi connectivity index (χ2n) is 4.46. The average Bonchev–Trinajstić information content (AvgIpc) is 2.91. The molecule has 0 aromatic heterocycles. The van der Waals surface area contributed by atoms with Gasteiger partial charge in [-0.2, -0.15) is 5.26 Å². The quantitative estimate of drug-likeness (QED) is 0.552. The molecule has 1 fully saturated rings. The van der Waals surface area contributed by atoms with Gasteiger partial charge in [0.05, 0.1) is 12.5 Å². The third-order valence-electron chi connectivity index (χ3n) is 3.34. The van der Waals surface area contributed by atoms with E-state index < -0.39 is 6.29 Å². The molecule has 0 saturated carbocycles. The number of hydrogen-bond acceptors (Lipinski definition) is 4. The number of aliphatic hydroxyl groups is 1. The lowest BCUT2D eigenvalue weighted by molar-refractivity contribution is -0.112. The first-order valence-electron chi connectivity index (χ1n) is 6.35. The lowest BCUT2D eigenvalue weighted by atomic mass is 9.96. The predicted octanol–water partition coefficient (Wildman–Crippen LogP) is 1.69. The molecule has 0 radical (unpaired) electrons. The Balaban J connectivity index is 2.77. The summed E-state index contributed by atoms with van der Waals surface area (Å²) in [5.74, 6) is -0.182. The lowest BCUT2D eigenvalue weighted by Gasteiger charge is -2.32. The van der Waals surface area contributed by atoms with E-state index in [0.717, 1.165) is 13.1 Å². The van der Waals surface area contributed by atoms with Crippen LogP contribution < -0.4 is 0 Å². The van der Waals surface area contributed by atoms with Crippen molar-refractivity contribution in [3.63, 3.8) is 0 Å². The smallest absolute Gasteiger partial charge is 0.162 e. The molecule has 0 aliphatic carbocycles. The summed E-state index contributed by atoms with van der Waals surface area (Å²) in [6.07, 6.45) is 7.33. The standard InChI is InChI=1S/C14H22N2O2/c1-3-13(16-10-6-7-11-16)12(14(17)18-2)8-4-5-9-15/h3-4,8,12-14,17H,1,5-7,10-11H2,2H3/b8-4+. The van der Waals surface area contributed by atoms with Crippen LogP contribution in [0.25, 0.3) is 0 Å². The van der Waals surface area contributed by atoms with E-state index in [1.807, 2.05) is 12.2 Å². The van der Waals surface area contributed by atoms with E-state index in [9.17, 15) is 5.11 Å². The van der Waals surface area contributed by atoms with Gasteiger partial charge in [-0.05, 0) is 25.9 Å². The predicted molar refractivity (Wildman–Crippen MR) is 70.7 cm³/mol. The van der Waals surface area contributed by atoms with Gasteiger partial charge in [-0.3, -0.25) is 4.90 Å². The van der Waals surface area contributed by atoms with Crippen molar-refractivity contribution >= 4 is 0 Å². The molecule has 0 aromatic carbocycles. The third kappa shape index (κ3) is 3.95. The number of aliphatic hydroxyl groups excluding tert-OH is 1. The van der Waals surface area contributed by atoms with Gasteiger partial charge in [0.1, 0.15) is 0 Å². The van der Waals surface area contributed by atoms with Gasteiger partial charge in [-0.15, -0.1) is 6.58 Å². The fraction of sp³-hybridized carbons (Fsp3) is 0.643. The van der Waals surface area contributed by atoms with Crippen LogP contribution in [0.3, 0.4) is 0 Å². The van der Waals surface area contributed by atoms with Crippen LogP contribution in [0.5, 0.6) is 0 Å². The van der Waals surface area contributed by atoms with E-state index in [4.69, 9.17) is 10.00 Å². The minimum atomic E-state index is -0.872. The topological polar surface area (TPSA) is 56.5 Å². The molecule has 100 valence electrons. The zero-order chi connectivity index (χ0) is 13.4. The summed E-state index contributed by atoms with van der Waals surface area (Å²) in [6, 6.07) is 2.11. The zero-order valence-corrected chi connectivity index (χ0v) is 11.0. The van der Waals surface area contributed by atoms with Crippen molar-refractivity contribution in [1.29, 1.82) is 5.26 Å². The molecular weight excluding hydrogens is 228 g/mol. The van der Waals surface area contributed by atoms with Crippen molar-refractivity contribution < 1.29 is 9.84 Å². The minimum Gasteiger partial charge on any atom is -0.367 e. The number of hydrogen-bond donors (Lipinski definition) is 1. The number of nitrogens with zero attached hydrogens (tertiary/aromatic N) is 2. The van der Waals surface area contributed by atoms with Crippen LogP contribution in [-0.4, -0.2) is 42.5 Å². The number of nitriles is 1. The van der Waals surface area contributed by atoms with E-state index in [1.54, 1.807) is 6.08 Å². The monoisotopic (exact) mass is 250 g/mol. The van der Waals surface area contributed by atoms with Crippen LogP contribution in [-0.2, 0) is 4.74 Å². The highest BCUT2D eigenvalue weighted by Gasteiger charge is 2.30. The maximum absolute atomic E-state index is 9.95. The highest BCUT2D eigenvalue weighted by Crippen LogP contribution is 2.23. The van der Waals surface area contributed by atoms with Crippen LogP contribution in [0.2, 0.25) is 0 Å². The highest BCUT2D eigenvalue weighted by atomic mass is 16.6. The van der Waals surface area contributed by atoms with Crippen molar-refractivity contribution in [2.75, 3.05) is 20.2 Å². The summed E-state index contributed by atoms with van der Waals surface area (Å²) >= 11 is 0. The lowest BCUT2D eigenvalue weighted by Crippen LogP contribution is -2.42. The van der Waals surface area contributed by atoms with Crippen LogP contribution in [0.4, 0.5) is 0 Å². The van der Waals surface area contributed by atoms with Gasteiger partial charge in [-0.1, -0.05) is 18.2 Å². The summed E-state index contributed by atoms with van der Waals surface area (Å²) in [7, 11) is 1.49. The molecule has 0 bridgehead atoms. The molecule has 0 aromatic rings. The molecule has 1 rings (SSSR count). The number of rotatable bonds is 7. The summed E-state index contributed by atoms with van der Waals surface area (Å²) in [5, 5.41) is 18.5. The Labute approximate surface area is 109 Å². The Kier molecular flexibility index (Phi) is 6.66. The van der Waals surface area contributed by atoms with Crippen LogP contribution >= 0.6 is 0 Å². The van der Waals surface area contributed by atoms with Crippen molar-refractivity contribution in [1.82, 2.24) is 4.90 Å². The third-order valence-corrected chi connectivity index (χ3v) is 3.34. The van der Waals surface area contributed by atoms with E-state index in [1.165, 1.54) is 20.0 Å². The molecule has 4 nitrogen and oxygen atoms in total. The zero-order valence-electron chi connectivity index (χ0n) is 11.0. The van der Waals surface area contributed by atoms with Crippen LogP contribution in [0.1, 0.15) is 19.3 Å². The first kappa shape index (κ1) is 14.9. The normalized spacial score (nSPS) is 21.6. The summed E-state index contributed by atoms with van der Waals surface area (Å²) in [6.45, 7) is 5.91. The molecule has 18 heavy (non-hydrogen) atoms. The molecule has 1 aliphatic heterocycles. The van der Waals surface area contributed by atoms with Gasteiger partial charge in [0.25, 0.3) is 0 Å². The number of allylic oxidation sites excluding steroid dienone is 1. The Morgan fingerprint density at radius 2 is 2.17 bits per heavy atom. The van der Waals surface area contributed by atoms with Crippen LogP contribution in [0.15, 0.2) is 24.8 Å². The maximum Gasteiger partial charge on any atom is 0.162 e. The number of likely N-dealkylation sites (tertiary alicyclic amines) is 1. The van der Waals surface area contributed by atoms with Crippen molar-refractivity contribution in [3.8, 4) is 6.07 Å². The van der Waals surface area contributed by atoms with Gasteiger partial charge in [-0.25, -0.2) is 0 Å². The largest absolute Gasteiger partial charge is 0.367 e. The molecular formula is C14H22N2O2. The molecule has 3 atom stereocenters. The second-order valence-corrected chi connectivity index (χ2v) is 4.46. The van der Waals surface area contributed by atoms with Gasteiger partial charge in [0.2, 0.25) is 0 Å². The average molecular weight is 250 g/mol. The van der Waals surface area contributed by atoms with Gasteiger partial charge < -0.3 is 9.84 Å². The highest BCUT2D eigenvalue weighted by molar-refractivity contribution is 5.05. The fourth-order valence-corrected chi connectivity index (χ4v) is 2.40. The maximum atomic E-state index is 9.95. The van der Waals surface area contributed by atoms with E-state index in [-0.39, 0.29) is 12.0 Å². The van der Waals surface area contributed by atoms with Crippen molar-refractivity contribution in [3.05, 3.63) is 24.8 Å². The fourth-order valence-electron chi connectivity index (χ4n) is 2.40. The Hall–Kier alpha value is -1.15. The van der Waals surface area contributed by atoms with Crippen molar-refractivity contribution in [2.24, 2.45) is 5.92 Å². The Bertz CT molecular complexity index is 316. The van der Waals surface area contributed by atoms with E-state index in [2.05, 4.69) is 17.5 Å². The van der Waals surface area contributed by atoms with Gasteiger partial charge in [0, 0.05) is 19.1 Å². The Morgan fingerprint density at radius 1 is 1.50 bits per heavy atom. The van der Waals surface area contributed by atoms with Crippen LogP contribution in [0, 0.1) is 17.2 Å². The molecule has 0 spiro atoms. The summed E-state index contributed by atoms with van der Waals surface area (Å²) < 4.78 is 5.03. The number of methoxy groups -OCH3 is 1. The molecule has 4 heteroatoms. The van der Waals surface area contributed by atoms with E-state index >= 15 is 0 Å². The first-order valence-corrected chi connectivity index (χ1v) is 6.35. The van der Waals surface area contributed by atoms with Crippen molar-refractivity contribution in [2.45, 2.75) is 31.6 Å². The van der Waals surface area contributed by atoms with E-state index in [0.29, 0.717) is 6.42 Å².